The van der Waals surface area contributed by atoms with E-state index in [1.54, 1.807) is 0 Å². The van der Waals surface area contributed by atoms with Gasteiger partial charge in [0.2, 0.25) is 0 Å². The van der Waals surface area contributed by atoms with E-state index in [2.05, 4.69) is 34.2 Å². The highest BCUT2D eigenvalue weighted by Crippen LogP contribution is 2.30. The summed E-state index contributed by atoms with van der Waals surface area (Å²) in [6, 6.07) is 1.93. The highest BCUT2D eigenvalue weighted by atomic mass is 16.5. The third-order valence-corrected chi connectivity index (χ3v) is 4.15. The van der Waals surface area contributed by atoms with Crippen LogP contribution in [0.4, 0.5) is 0 Å². The quantitative estimate of drug-likeness (QED) is 0.933. The van der Waals surface area contributed by atoms with Crippen molar-refractivity contribution in [3.63, 3.8) is 0 Å². The molecule has 0 amide bonds. The minimum atomic E-state index is -0.240. The Hall–Kier alpha value is -1.66. The van der Waals surface area contributed by atoms with Gasteiger partial charge in [-0.15, -0.1) is 0 Å². The monoisotopic (exact) mass is 290 g/mol. The van der Waals surface area contributed by atoms with Crippen molar-refractivity contribution in [2.24, 2.45) is 0 Å². The summed E-state index contributed by atoms with van der Waals surface area (Å²) in [7, 11) is 0. The van der Waals surface area contributed by atoms with Crippen LogP contribution in [0.15, 0.2) is 15.0 Å². The Morgan fingerprint density at radius 2 is 1.95 bits per heavy atom. The lowest BCUT2D eigenvalue weighted by atomic mass is 10.0. The van der Waals surface area contributed by atoms with Crippen molar-refractivity contribution in [1.82, 2.24) is 20.4 Å². The molecule has 3 heterocycles. The number of nitrogens with one attached hydrogen (secondary N) is 1. The third kappa shape index (κ3) is 2.61. The van der Waals surface area contributed by atoms with Gasteiger partial charge < -0.3 is 14.3 Å². The first-order chi connectivity index (χ1) is 9.98. The number of aromatic nitrogens is 2. The van der Waals surface area contributed by atoms with Gasteiger partial charge in [-0.2, -0.15) is 4.98 Å². The van der Waals surface area contributed by atoms with Crippen LogP contribution < -0.4 is 5.32 Å². The van der Waals surface area contributed by atoms with Crippen molar-refractivity contribution >= 4 is 0 Å². The number of furan rings is 1. The largest absolute Gasteiger partial charge is 0.466 e. The van der Waals surface area contributed by atoms with E-state index >= 15 is 0 Å². The molecular formula is C15H22N4O2. The van der Waals surface area contributed by atoms with E-state index in [9.17, 15) is 0 Å². The van der Waals surface area contributed by atoms with E-state index in [1.165, 1.54) is 0 Å². The fourth-order valence-electron chi connectivity index (χ4n) is 2.79. The number of rotatable bonds is 3. The van der Waals surface area contributed by atoms with Crippen LogP contribution in [0.1, 0.15) is 31.2 Å². The molecule has 6 nitrogen and oxygen atoms in total. The highest BCUT2D eigenvalue weighted by Gasteiger charge is 2.34. The van der Waals surface area contributed by atoms with Crippen molar-refractivity contribution in [3.8, 4) is 11.5 Å². The molecule has 0 unspecified atom stereocenters. The smallest absolute Gasteiger partial charge is 0.261 e. The zero-order valence-electron chi connectivity index (χ0n) is 13.1. The summed E-state index contributed by atoms with van der Waals surface area (Å²) in [6.45, 7) is 12.1. The lowest BCUT2D eigenvalue weighted by Crippen LogP contribution is -2.52. The highest BCUT2D eigenvalue weighted by molar-refractivity contribution is 5.56. The zero-order chi connectivity index (χ0) is 15.0. The van der Waals surface area contributed by atoms with E-state index in [4.69, 9.17) is 8.94 Å². The Labute approximate surface area is 124 Å². The van der Waals surface area contributed by atoms with Gasteiger partial charge in [-0.3, -0.25) is 4.90 Å². The van der Waals surface area contributed by atoms with Gasteiger partial charge in [-0.25, -0.2) is 0 Å². The van der Waals surface area contributed by atoms with Crippen LogP contribution in [-0.4, -0.2) is 41.2 Å². The van der Waals surface area contributed by atoms with Gasteiger partial charge >= 0.3 is 0 Å². The summed E-state index contributed by atoms with van der Waals surface area (Å²) in [6.07, 6.45) is 0. The molecule has 0 saturated carbocycles. The Kier molecular flexibility index (Phi) is 3.59. The van der Waals surface area contributed by atoms with Crippen LogP contribution in [-0.2, 0) is 5.54 Å². The minimum absolute atomic E-state index is 0.240. The molecule has 1 N–H and O–H groups in total. The molecule has 0 aromatic carbocycles. The molecule has 1 saturated heterocycles. The Morgan fingerprint density at radius 3 is 2.57 bits per heavy atom. The Morgan fingerprint density at radius 1 is 1.24 bits per heavy atom. The van der Waals surface area contributed by atoms with Crippen molar-refractivity contribution in [2.75, 3.05) is 26.2 Å². The maximum Gasteiger partial charge on any atom is 0.261 e. The molecule has 1 fully saturated rings. The molecule has 2 aromatic heterocycles. The molecule has 1 aliphatic heterocycles. The fraction of sp³-hybridized carbons (Fsp3) is 0.600. The summed E-state index contributed by atoms with van der Waals surface area (Å²) in [5, 5.41) is 7.56. The van der Waals surface area contributed by atoms with Gasteiger partial charge in [-0.05, 0) is 33.8 Å². The average Bonchev–Trinajstić information content (AvgIpc) is 3.06. The van der Waals surface area contributed by atoms with Crippen LogP contribution in [0.2, 0.25) is 0 Å². The fourth-order valence-corrected chi connectivity index (χ4v) is 2.79. The first-order valence-corrected chi connectivity index (χ1v) is 7.36. The van der Waals surface area contributed by atoms with Gasteiger partial charge in [0, 0.05) is 26.2 Å². The van der Waals surface area contributed by atoms with Gasteiger partial charge in [0.15, 0.2) is 5.82 Å². The van der Waals surface area contributed by atoms with E-state index in [1.807, 2.05) is 19.9 Å². The number of hydrogen-bond acceptors (Lipinski definition) is 6. The van der Waals surface area contributed by atoms with Gasteiger partial charge in [0.25, 0.3) is 5.89 Å². The topological polar surface area (TPSA) is 67.3 Å². The third-order valence-electron chi connectivity index (χ3n) is 4.15. The molecule has 114 valence electrons. The lowest BCUT2D eigenvalue weighted by molar-refractivity contribution is 0.0925. The molecule has 21 heavy (non-hydrogen) atoms. The summed E-state index contributed by atoms with van der Waals surface area (Å²) < 4.78 is 11.0. The van der Waals surface area contributed by atoms with E-state index < -0.39 is 0 Å². The predicted molar refractivity (Wildman–Crippen MR) is 78.9 cm³/mol. The number of piperazine rings is 1. The SMILES string of the molecule is Cc1cc(-c2nc(C(C)(C)N3CCNCC3)no2)c(C)o1. The molecule has 0 radical (unpaired) electrons. The maximum absolute atomic E-state index is 5.53. The first-order valence-electron chi connectivity index (χ1n) is 7.36. The zero-order valence-corrected chi connectivity index (χ0v) is 13.1. The lowest BCUT2D eigenvalue weighted by Gasteiger charge is -2.38. The van der Waals surface area contributed by atoms with Crippen molar-refractivity contribution in [1.29, 1.82) is 0 Å². The molecular weight excluding hydrogens is 268 g/mol. The number of nitrogens with zero attached hydrogens (tertiary/aromatic N) is 3. The van der Waals surface area contributed by atoms with E-state index in [0.29, 0.717) is 5.89 Å². The van der Waals surface area contributed by atoms with Gasteiger partial charge in [-0.1, -0.05) is 5.16 Å². The number of aryl methyl sites for hydroxylation is 2. The standard InChI is InChI=1S/C15H22N4O2/c1-10-9-12(11(2)20-10)13-17-14(18-21-13)15(3,4)19-7-5-16-6-8-19/h9,16H,5-8H2,1-4H3. The Balaban J connectivity index is 1.88. The first kappa shape index (κ1) is 14.3. The summed E-state index contributed by atoms with van der Waals surface area (Å²) in [4.78, 5) is 6.98. The minimum Gasteiger partial charge on any atom is -0.466 e. The summed E-state index contributed by atoms with van der Waals surface area (Å²) in [5.74, 6) is 2.91. The van der Waals surface area contributed by atoms with Crippen molar-refractivity contribution in [3.05, 3.63) is 23.4 Å². The maximum atomic E-state index is 5.53. The van der Waals surface area contributed by atoms with Crippen LogP contribution in [0.5, 0.6) is 0 Å². The molecule has 1 aliphatic rings. The average molecular weight is 290 g/mol. The van der Waals surface area contributed by atoms with Gasteiger partial charge in [0.05, 0.1) is 11.1 Å². The van der Waals surface area contributed by atoms with Crippen LogP contribution >= 0.6 is 0 Å². The van der Waals surface area contributed by atoms with Crippen LogP contribution in [0.3, 0.4) is 0 Å². The molecule has 0 atom stereocenters. The van der Waals surface area contributed by atoms with Crippen molar-refractivity contribution < 1.29 is 8.94 Å². The molecule has 0 spiro atoms. The molecule has 0 aliphatic carbocycles. The van der Waals surface area contributed by atoms with E-state index in [0.717, 1.165) is 49.1 Å². The van der Waals surface area contributed by atoms with Crippen molar-refractivity contribution in [2.45, 2.75) is 33.2 Å². The molecule has 3 rings (SSSR count). The molecule has 0 bridgehead atoms. The Bertz CT molecular complexity index is 623. The number of hydrogen-bond donors (Lipinski definition) is 1. The van der Waals surface area contributed by atoms with Crippen LogP contribution in [0, 0.1) is 13.8 Å². The second-order valence-corrected chi connectivity index (χ2v) is 6.05. The predicted octanol–water partition coefficient (Wildman–Crippen LogP) is 2.09. The van der Waals surface area contributed by atoms with E-state index in [-0.39, 0.29) is 5.54 Å². The molecule has 2 aromatic rings. The van der Waals surface area contributed by atoms with Gasteiger partial charge in [0.1, 0.15) is 11.5 Å². The summed E-state index contributed by atoms with van der Waals surface area (Å²) >= 11 is 0. The summed E-state index contributed by atoms with van der Waals surface area (Å²) in [5.41, 5.74) is 0.638. The molecule has 6 heteroatoms. The second-order valence-electron chi connectivity index (χ2n) is 6.05. The normalized spacial score (nSPS) is 17.3. The van der Waals surface area contributed by atoms with Crippen LogP contribution in [0.25, 0.3) is 11.5 Å². The second kappa shape index (κ2) is 5.27.